The van der Waals surface area contributed by atoms with E-state index in [1.165, 1.54) is 23.5 Å². The van der Waals surface area contributed by atoms with Crippen LogP contribution in [-0.4, -0.2) is 27.2 Å². The molecule has 0 aliphatic carbocycles. The highest BCUT2D eigenvalue weighted by molar-refractivity contribution is 7.71. The quantitative estimate of drug-likeness (QED) is 0.566. The summed E-state index contributed by atoms with van der Waals surface area (Å²) in [7, 11) is 0. The Morgan fingerprint density at radius 1 is 1.32 bits per heavy atom. The number of benzene rings is 1. The van der Waals surface area contributed by atoms with Crippen molar-refractivity contribution in [2.75, 3.05) is 6.54 Å². The first-order valence-corrected chi connectivity index (χ1v) is 9.71. The average molecular weight is 426 g/mol. The molecule has 0 radical (unpaired) electrons. The Hall–Kier alpha value is -2.46. The molecule has 0 fully saturated rings. The van der Waals surface area contributed by atoms with Crippen LogP contribution in [0.1, 0.15) is 24.1 Å². The number of aromatic nitrogens is 3. The van der Waals surface area contributed by atoms with Crippen LogP contribution in [0.25, 0.3) is 10.7 Å². The van der Waals surface area contributed by atoms with Gasteiger partial charge in [0.2, 0.25) is 5.91 Å². The Morgan fingerprint density at radius 3 is 2.64 bits per heavy atom. The van der Waals surface area contributed by atoms with E-state index in [-0.39, 0.29) is 5.91 Å². The lowest BCUT2D eigenvalue weighted by molar-refractivity contribution is -0.137. The summed E-state index contributed by atoms with van der Waals surface area (Å²) in [5.41, 5.74) is 0.0181. The molecule has 0 aliphatic rings. The summed E-state index contributed by atoms with van der Waals surface area (Å²) in [4.78, 5) is 13.4. The van der Waals surface area contributed by atoms with Crippen LogP contribution in [0.3, 0.4) is 0 Å². The van der Waals surface area contributed by atoms with Crippen molar-refractivity contribution < 1.29 is 18.0 Å². The molecule has 2 heterocycles. The second-order valence-electron chi connectivity index (χ2n) is 6.11. The van der Waals surface area contributed by atoms with Gasteiger partial charge in [-0.3, -0.25) is 14.5 Å². The van der Waals surface area contributed by atoms with Crippen LogP contribution < -0.4 is 5.32 Å². The highest BCUT2D eigenvalue weighted by atomic mass is 32.1. The first-order chi connectivity index (χ1) is 13.3. The molecular weight excluding hydrogens is 409 g/mol. The number of carbonyl (C=O) groups is 1. The van der Waals surface area contributed by atoms with E-state index in [1.54, 1.807) is 11.5 Å². The lowest BCUT2D eigenvalue weighted by atomic mass is 10.1. The number of thiophene rings is 1. The summed E-state index contributed by atoms with van der Waals surface area (Å²) in [6, 6.07) is 8.10. The molecule has 0 bridgehead atoms. The molecule has 28 heavy (non-hydrogen) atoms. The fourth-order valence-electron chi connectivity index (χ4n) is 2.70. The van der Waals surface area contributed by atoms with E-state index >= 15 is 0 Å². The Labute approximate surface area is 168 Å². The number of hydrogen-bond donors (Lipinski definition) is 2. The number of rotatable bonds is 6. The normalized spacial score (nSPS) is 12.7. The number of halogens is 3. The molecule has 0 saturated carbocycles. The topological polar surface area (TPSA) is 62.7 Å². The summed E-state index contributed by atoms with van der Waals surface area (Å²) < 4.78 is 39.8. The van der Waals surface area contributed by atoms with E-state index < -0.39 is 17.8 Å². The van der Waals surface area contributed by atoms with Crippen LogP contribution in [0.4, 0.5) is 13.2 Å². The van der Waals surface area contributed by atoms with Crippen LogP contribution in [0.2, 0.25) is 0 Å². The van der Waals surface area contributed by atoms with Crippen molar-refractivity contribution in [3.05, 3.63) is 57.7 Å². The molecule has 0 saturated heterocycles. The first kappa shape index (κ1) is 20.3. The lowest BCUT2D eigenvalue weighted by Crippen LogP contribution is -2.32. The van der Waals surface area contributed by atoms with Gasteiger partial charge in [0.05, 0.1) is 10.4 Å². The van der Waals surface area contributed by atoms with Crippen LogP contribution >= 0.6 is 23.6 Å². The molecule has 3 aromatic rings. The predicted molar refractivity (Wildman–Crippen MR) is 104 cm³/mol. The molecule has 148 valence electrons. The van der Waals surface area contributed by atoms with Crippen molar-refractivity contribution in [1.29, 1.82) is 0 Å². The van der Waals surface area contributed by atoms with E-state index in [2.05, 4.69) is 15.5 Å². The van der Waals surface area contributed by atoms with Crippen molar-refractivity contribution in [2.45, 2.75) is 25.6 Å². The molecule has 10 heteroatoms. The van der Waals surface area contributed by atoms with Gasteiger partial charge < -0.3 is 5.32 Å². The van der Waals surface area contributed by atoms with E-state index in [1.807, 2.05) is 17.5 Å². The second-order valence-corrected chi connectivity index (χ2v) is 7.45. The Balaban J connectivity index is 1.61. The van der Waals surface area contributed by atoms with Crippen molar-refractivity contribution in [3.8, 4) is 10.7 Å². The van der Waals surface area contributed by atoms with Gasteiger partial charge in [0.15, 0.2) is 10.6 Å². The zero-order valence-corrected chi connectivity index (χ0v) is 16.4. The smallest absolute Gasteiger partial charge is 0.354 e. The molecule has 1 amide bonds. The molecule has 1 aromatic carbocycles. The van der Waals surface area contributed by atoms with Gasteiger partial charge in [0.1, 0.15) is 6.04 Å². The monoisotopic (exact) mass is 426 g/mol. The third-order valence-electron chi connectivity index (χ3n) is 4.21. The maximum atomic E-state index is 12.6. The van der Waals surface area contributed by atoms with Crippen LogP contribution in [-0.2, 0) is 17.4 Å². The largest absolute Gasteiger partial charge is 0.416 e. The minimum Gasteiger partial charge on any atom is -0.354 e. The number of aromatic amines is 1. The lowest BCUT2D eigenvalue weighted by Gasteiger charge is -2.15. The SMILES string of the molecule is CC(C(=O)NCCc1ccc(C(F)(F)F)cc1)n1c(-c2cccs2)n[nH]c1=S. The Bertz CT molecular complexity index is 991. The molecule has 0 aliphatic heterocycles. The summed E-state index contributed by atoms with van der Waals surface area (Å²) >= 11 is 6.74. The third kappa shape index (κ3) is 4.50. The van der Waals surface area contributed by atoms with Crippen LogP contribution in [0.15, 0.2) is 41.8 Å². The van der Waals surface area contributed by atoms with E-state index in [0.717, 1.165) is 17.0 Å². The number of amides is 1. The van der Waals surface area contributed by atoms with Crippen molar-refractivity contribution >= 4 is 29.5 Å². The molecule has 3 rings (SSSR count). The minimum absolute atomic E-state index is 0.248. The van der Waals surface area contributed by atoms with Crippen molar-refractivity contribution in [3.63, 3.8) is 0 Å². The molecule has 1 atom stereocenters. The number of H-pyrrole nitrogens is 1. The first-order valence-electron chi connectivity index (χ1n) is 8.42. The highest BCUT2D eigenvalue weighted by Crippen LogP contribution is 2.29. The fourth-order valence-corrected chi connectivity index (χ4v) is 3.70. The standard InChI is InChI=1S/C18H17F3N4OS2/c1-11(25-15(23-24-17(25)27)14-3-2-10-28-14)16(26)22-9-8-12-4-6-13(7-5-12)18(19,20)21/h2-7,10-11H,8-9H2,1H3,(H,22,26)(H,24,27). The summed E-state index contributed by atoms with van der Waals surface area (Å²) in [6.45, 7) is 2.02. The molecule has 5 nitrogen and oxygen atoms in total. The number of hydrogen-bond acceptors (Lipinski definition) is 4. The summed E-state index contributed by atoms with van der Waals surface area (Å²) in [5.74, 6) is 0.340. The molecular formula is C18H17F3N4OS2. The maximum absolute atomic E-state index is 12.6. The fraction of sp³-hybridized carbons (Fsp3) is 0.278. The Morgan fingerprint density at radius 2 is 2.04 bits per heavy atom. The zero-order valence-electron chi connectivity index (χ0n) is 14.8. The van der Waals surface area contributed by atoms with E-state index in [4.69, 9.17) is 12.2 Å². The van der Waals surface area contributed by atoms with Crippen molar-refractivity contribution in [1.82, 2.24) is 20.1 Å². The molecule has 2 N–H and O–H groups in total. The number of carbonyl (C=O) groups excluding carboxylic acids is 1. The van der Waals surface area contributed by atoms with Crippen LogP contribution in [0.5, 0.6) is 0 Å². The van der Waals surface area contributed by atoms with Gasteiger partial charge in [-0.05, 0) is 54.7 Å². The summed E-state index contributed by atoms with van der Waals surface area (Å²) in [5, 5.41) is 11.6. The van der Waals surface area contributed by atoms with Gasteiger partial charge >= 0.3 is 6.18 Å². The van der Waals surface area contributed by atoms with Gasteiger partial charge in [-0.1, -0.05) is 18.2 Å². The molecule has 1 unspecified atom stereocenters. The molecule has 0 spiro atoms. The zero-order chi connectivity index (χ0) is 20.3. The predicted octanol–water partition coefficient (Wildman–Crippen LogP) is 4.61. The van der Waals surface area contributed by atoms with Gasteiger partial charge in [-0.2, -0.15) is 18.3 Å². The van der Waals surface area contributed by atoms with Crippen molar-refractivity contribution in [2.24, 2.45) is 0 Å². The maximum Gasteiger partial charge on any atom is 0.416 e. The van der Waals surface area contributed by atoms with Crippen LogP contribution in [0, 0.1) is 4.77 Å². The highest BCUT2D eigenvalue weighted by Gasteiger charge is 2.29. The number of nitrogens with zero attached hydrogens (tertiary/aromatic N) is 2. The minimum atomic E-state index is -4.35. The third-order valence-corrected chi connectivity index (χ3v) is 5.36. The van der Waals surface area contributed by atoms with Gasteiger partial charge in [0, 0.05) is 6.54 Å². The number of alkyl halides is 3. The van der Waals surface area contributed by atoms with Gasteiger partial charge in [-0.15, -0.1) is 11.3 Å². The summed E-state index contributed by atoms with van der Waals surface area (Å²) in [6.07, 6.45) is -3.93. The van der Waals surface area contributed by atoms with Gasteiger partial charge in [-0.25, -0.2) is 0 Å². The second kappa shape index (κ2) is 8.27. The number of nitrogens with one attached hydrogen (secondary N) is 2. The average Bonchev–Trinajstić information content (AvgIpc) is 3.30. The molecule has 2 aromatic heterocycles. The Kier molecular flexibility index (Phi) is 5.99. The van der Waals surface area contributed by atoms with Gasteiger partial charge in [0.25, 0.3) is 0 Å². The van der Waals surface area contributed by atoms with E-state index in [0.29, 0.717) is 29.1 Å². The van der Waals surface area contributed by atoms with E-state index in [9.17, 15) is 18.0 Å².